The third kappa shape index (κ3) is 4.31. The van der Waals surface area contributed by atoms with E-state index in [4.69, 9.17) is 5.11 Å². The summed E-state index contributed by atoms with van der Waals surface area (Å²) >= 11 is 0. The number of benzene rings is 3. The van der Waals surface area contributed by atoms with Crippen LogP contribution in [0.4, 0.5) is 0 Å². The van der Waals surface area contributed by atoms with Crippen LogP contribution < -0.4 is 0 Å². The number of aromatic hydroxyl groups is 3. The van der Waals surface area contributed by atoms with Gasteiger partial charge in [-0.15, -0.1) is 0 Å². The first-order chi connectivity index (χ1) is 15.1. The maximum absolute atomic E-state index is 11.6. The summed E-state index contributed by atoms with van der Waals surface area (Å²) in [4.78, 5) is 34.1. The third-order valence-corrected chi connectivity index (χ3v) is 4.95. The fourth-order valence-corrected chi connectivity index (χ4v) is 3.40. The number of aromatic carboxylic acids is 3. The fourth-order valence-electron chi connectivity index (χ4n) is 3.40. The second-order valence-corrected chi connectivity index (χ2v) is 7.05. The van der Waals surface area contributed by atoms with Gasteiger partial charge < -0.3 is 30.6 Å². The number of rotatable bonds is 7. The Bertz CT molecular complexity index is 1240. The SMILES string of the molecule is O=C(O)c1cccc(Cc2cc(Cc3cccc(C(=O)O)c3O)c(O)c(C(=O)O)c2)c1O. The van der Waals surface area contributed by atoms with Gasteiger partial charge >= 0.3 is 17.9 Å². The van der Waals surface area contributed by atoms with Crippen LogP contribution in [-0.2, 0) is 12.8 Å². The van der Waals surface area contributed by atoms with Crippen molar-refractivity contribution in [2.75, 3.05) is 0 Å². The van der Waals surface area contributed by atoms with Gasteiger partial charge in [-0.3, -0.25) is 0 Å². The summed E-state index contributed by atoms with van der Waals surface area (Å²) in [7, 11) is 0. The minimum Gasteiger partial charge on any atom is -0.507 e. The highest BCUT2D eigenvalue weighted by molar-refractivity contribution is 5.93. The molecular formula is C23H18O9. The van der Waals surface area contributed by atoms with Crippen molar-refractivity contribution in [1.29, 1.82) is 0 Å². The molecule has 3 aromatic rings. The van der Waals surface area contributed by atoms with Crippen LogP contribution in [0.25, 0.3) is 0 Å². The Morgan fingerprint density at radius 3 is 1.47 bits per heavy atom. The van der Waals surface area contributed by atoms with Gasteiger partial charge in [0.1, 0.15) is 33.9 Å². The summed E-state index contributed by atoms with van der Waals surface area (Å²) in [6.45, 7) is 0. The smallest absolute Gasteiger partial charge is 0.339 e. The van der Waals surface area contributed by atoms with Crippen molar-refractivity contribution in [3.05, 3.63) is 87.5 Å². The van der Waals surface area contributed by atoms with E-state index in [1.165, 1.54) is 48.5 Å². The van der Waals surface area contributed by atoms with Gasteiger partial charge in [-0.1, -0.05) is 30.3 Å². The van der Waals surface area contributed by atoms with Crippen molar-refractivity contribution in [3.63, 3.8) is 0 Å². The first kappa shape index (κ1) is 22.2. The zero-order valence-electron chi connectivity index (χ0n) is 16.4. The quantitative estimate of drug-likeness (QED) is 0.324. The average Bonchev–Trinajstić information content (AvgIpc) is 2.72. The largest absolute Gasteiger partial charge is 0.507 e. The fraction of sp³-hybridized carbons (Fsp3) is 0.0870. The van der Waals surface area contributed by atoms with E-state index < -0.39 is 40.7 Å². The molecule has 0 aliphatic rings. The molecule has 0 bridgehead atoms. The molecule has 0 amide bonds. The number of carboxylic acid groups (broad SMARTS) is 3. The normalized spacial score (nSPS) is 10.6. The van der Waals surface area contributed by atoms with E-state index in [-0.39, 0.29) is 40.7 Å². The molecule has 164 valence electrons. The molecule has 9 heteroatoms. The Morgan fingerprint density at radius 1 is 0.562 bits per heavy atom. The molecule has 0 atom stereocenters. The number of phenols is 3. The van der Waals surface area contributed by atoms with Crippen molar-refractivity contribution < 1.29 is 45.0 Å². The standard InChI is InChI=1S/C23H18O9/c24-18-12(3-1-5-15(18)21(27)28)7-11-8-14(20(26)17(9-11)23(31)32)10-13-4-2-6-16(19(13)25)22(29)30/h1-6,8-9,24-26H,7,10H2,(H,27,28)(H,29,30)(H,31,32). The topological polar surface area (TPSA) is 173 Å². The van der Waals surface area contributed by atoms with E-state index in [9.17, 15) is 39.9 Å². The summed E-state index contributed by atoms with van der Waals surface area (Å²) in [6.07, 6.45) is -0.213. The van der Waals surface area contributed by atoms with Gasteiger partial charge in [0.05, 0.1) is 0 Å². The predicted molar refractivity (Wildman–Crippen MR) is 111 cm³/mol. The van der Waals surface area contributed by atoms with Crippen LogP contribution in [0.1, 0.15) is 53.3 Å². The van der Waals surface area contributed by atoms with Crippen LogP contribution in [0.15, 0.2) is 48.5 Å². The summed E-state index contributed by atoms with van der Waals surface area (Å²) in [5.41, 5.74) is -0.241. The molecule has 0 aliphatic heterocycles. The number of para-hydroxylation sites is 2. The lowest BCUT2D eigenvalue weighted by Crippen LogP contribution is -2.05. The zero-order valence-corrected chi connectivity index (χ0v) is 16.4. The van der Waals surface area contributed by atoms with E-state index in [2.05, 4.69) is 0 Å². The molecule has 0 heterocycles. The molecule has 32 heavy (non-hydrogen) atoms. The van der Waals surface area contributed by atoms with Gasteiger partial charge in [-0.05, 0) is 40.5 Å². The highest BCUT2D eigenvalue weighted by Gasteiger charge is 2.20. The molecule has 0 fully saturated rings. The van der Waals surface area contributed by atoms with Gasteiger partial charge in [-0.2, -0.15) is 0 Å². The Morgan fingerprint density at radius 2 is 1.00 bits per heavy atom. The Labute approximate surface area is 181 Å². The van der Waals surface area contributed by atoms with Crippen LogP contribution in [0, 0.1) is 0 Å². The first-order valence-corrected chi connectivity index (χ1v) is 9.26. The molecule has 0 radical (unpaired) electrons. The van der Waals surface area contributed by atoms with Gasteiger partial charge in [0.25, 0.3) is 0 Å². The summed E-state index contributed by atoms with van der Waals surface area (Å²) < 4.78 is 0. The molecule has 0 saturated heterocycles. The summed E-state index contributed by atoms with van der Waals surface area (Å²) in [6, 6.07) is 10.8. The Kier molecular flexibility index (Phi) is 6.01. The molecule has 0 aromatic heterocycles. The predicted octanol–water partition coefficient (Wildman–Crippen LogP) is 3.08. The van der Waals surface area contributed by atoms with Crippen molar-refractivity contribution >= 4 is 17.9 Å². The summed E-state index contributed by atoms with van der Waals surface area (Å²) in [5.74, 6) is -5.60. The minimum atomic E-state index is -1.42. The lowest BCUT2D eigenvalue weighted by Gasteiger charge is -2.14. The number of carbonyl (C=O) groups is 3. The Balaban J connectivity index is 2.07. The third-order valence-electron chi connectivity index (χ3n) is 4.95. The molecule has 0 saturated carbocycles. The number of carboxylic acids is 3. The lowest BCUT2D eigenvalue weighted by molar-refractivity contribution is 0.0682. The molecule has 3 rings (SSSR count). The van der Waals surface area contributed by atoms with Gasteiger partial charge in [0.2, 0.25) is 0 Å². The lowest BCUT2D eigenvalue weighted by atomic mass is 9.93. The van der Waals surface area contributed by atoms with E-state index in [0.29, 0.717) is 5.56 Å². The van der Waals surface area contributed by atoms with Crippen molar-refractivity contribution in [3.8, 4) is 17.2 Å². The van der Waals surface area contributed by atoms with E-state index in [0.717, 1.165) is 0 Å². The highest BCUT2D eigenvalue weighted by atomic mass is 16.4. The van der Waals surface area contributed by atoms with E-state index in [1.54, 1.807) is 0 Å². The van der Waals surface area contributed by atoms with E-state index in [1.807, 2.05) is 0 Å². The molecule has 6 N–H and O–H groups in total. The monoisotopic (exact) mass is 438 g/mol. The zero-order chi connectivity index (χ0) is 23.6. The summed E-state index contributed by atoms with van der Waals surface area (Å²) in [5, 5.41) is 58.7. The maximum atomic E-state index is 11.6. The second-order valence-electron chi connectivity index (χ2n) is 7.05. The molecular weight excluding hydrogens is 420 g/mol. The number of hydrogen-bond acceptors (Lipinski definition) is 6. The van der Waals surface area contributed by atoms with Crippen molar-refractivity contribution in [1.82, 2.24) is 0 Å². The number of hydrogen-bond donors (Lipinski definition) is 6. The molecule has 9 nitrogen and oxygen atoms in total. The van der Waals surface area contributed by atoms with Crippen LogP contribution >= 0.6 is 0 Å². The average molecular weight is 438 g/mol. The van der Waals surface area contributed by atoms with Crippen LogP contribution in [0.5, 0.6) is 17.2 Å². The van der Waals surface area contributed by atoms with E-state index >= 15 is 0 Å². The van der Waals surface area contributed by atoms with Crippen LogP contribution in [0.2, 0.25) is 0 Å². The van der Waals surface area contributed by atoms with Gasteiger partial charge in [-0.25, -0.2) is 14.4 Å². The molecule has 0 unspecified atom stereocenters. The van der Waals surface area contributed by atoms with Crippen LogP contribution in [-0.4, -0.2) is 48.5 Å². The van der Waals surface area contributed by atoms with Crippen molar-refractivity contribution in [2.24, 2.45) is 0 Å². The minimum absolute atomic E-state index is 0.0400. The maximum Gasteiger partial charge on any atom is 0.339 e. The van der Waals surface area contributed by atoms with Gasteiger partial charge in [0, 0.05) is 12.8 Å². The highest BCUT2D eigenvalue weighted by Crippen LogP contribution is 2.33. The molecule has 0 spiro atoms. The van der Waals surface area contributed by atoms with Crippen LogP contribution in [0.3, 0.4) is 0 Å². The first-order valence-electron chi connectivity index (χ1n) is 9.26. The molecule has 3 aromatic carbocycles. The van der Waals surface area contributed by atoms with Gasteiger partial charge in [0.15, 0.2) is 0 Å². The molecule has 0 aliphatic carbocycles. The van der Waals surface area contributed by atoms with Crippen molar-refractivity contribution in [2.45, 2.75) is 12.8 Å². The Hall–Kier alpha value is -4.53. The second kappa shape index (κ2) is 8.68.